The van der Waals surface area contributed by atoms with Crippen LogP contribution in [0.4, 0.5) is 8.78 Å². The first-order chi connectivity index (χ1) is 9.56. The summed E-state index contributed by atoms with van der Waals surface area (Å²) in [5, 5.41) is 5.82. The van der Waals surface area contributed by atoms with E-state index in [1.807, 2.05) is 0 Å². The van der Waals surface area contributed by atoms with Crippen LogP contribution in [-0.4, -0.2) is 39.3 Å². The lowest BCUT2D eigenvalue weighted by Crippen LogP contribution is -2.35. The molecule has 1 amide bonds. The van der Waals surface area contributed by atoms with Crippen LogP contribution in [0.1, 0.15) is 18.4 Å². The first-order valence-electron chi connectivity index (χ1n) is 6.48. The number of carbonyl (C=O) groups is 1. The Hall–Kier alpha value is -1.24. The molecule has 0 fully saturated rings. The molecule has 1 aromatic carbocycles. The Morgan fingerprint density at radius 1 is 1.24 bits per heavy atom. The van der Waals surface area contributed by atoms with Crippen molar-refractivity contribution in [3.8, 4) is 0 Å². The fourth-order valence-electron chi connectivity index (χ4n) is 1.66. The molecule has 0 aliphatic heterocycles. The SMILES string of the molecule is COCCNCCNC(=O)C(C)c1ccc(F)c(F)c1.Cl. The maximum atomic E-state index is 13.1. The van der Waals surface area contributed by atoms with Crippen LogP contribution in [0.25, 0.3) is 0 Å². The smallest absolute Gasteiger partial charge is 0.227 e. The van der Waals surface area contributed by atoms with Gasteiger partial charge in [0.2, 0.25) is 5.91 Å². The molecule has 0 radical (unpaired) electrons. The van der Waals surface area contributed by atoms with E-state index in [0.717, 1.165) is 12.1 Å². The molecule has 1 atom stereocenters. The molecule has 21 heavy (non-hydrogen) atoms. The van der Waals surface area contributed by atoms with Crippen LogP contribution in [0, 0.1) is 11.6 Å². The molecule has 4 nitrogen and oxygen atoms in total. The van der Waals surface area contributed by atoms with Gasteiger partial charge < -0.3 is 15.4 Å². The van der Waals surface area contributed by atoms with Crippen molar-refractivity contribution in [2.24, 2.45) is 0 Å². The van der Waals surface area contributed by atoms with E-state index in [4.69, 9.17) is 4.74 Å². The number of ether oxygens (including phenoxy) is 1. The van der Waals surface area contributed by atoms with Gasteiger partial charge in [0.05, 0.1) is 12.5 Å². The van der Waals surface area contributed by atoms with Crippen LogP contribution < -0.4 is 10.6 Å². The number of rotatable bonds is 8. The molecule has 0 saturated carbocycles. The van der Waals surface area contributed by atoms with Crippen LogP contribution >= 0.6 is 12.4 Å². The molecule has 2 N–H and O–H groups in total. The van der Waals surface area contributed by atoms with Gasteiger partial charge in [-0.15, -0.1) is 12.4 Å². The van der Waals surface area contributed by atoms with Crippen molar-refractivity contribution in [3.05, 3.63) is 35.4 Å². The molecule has 0 heterocycles. The van der Waals surface area contributed by atoms with E-state index in [1.165, 1.54) is 6.07 Å². The third-order valence-corrected chi connectivity index (χ3v) is 2.92. The molecule has 120 valence electrons. The lowest BCUT2D eigenvalue weighted by Gasteiger charge is -2.13. The highest BCUT2D eigenvalue weighted by molar-refractivity contribution is 5.85. The van der Waals surface area contributed by atoms with E-state index in [-0.39, 0.29) is 18.3 Å². The van der Waals surface area contributed by atoms with Gasteiger partial charge in [-0.3, -0.25) is 4.79 Å². The van der Waals surface area contributed by atoms with Gasteiger partial charge in [0, 0.05) is 26.7 Å². The van der Waals surface area contributed by atoms with E-state index >= 15 is 0 Å². The van der Waals surface area contributed by atoms with E-state index in [9.17, 15) is 13.6 Å². The average Bonchev–Trinajstić information content (AvgIpc) is 2.44. The molecular formula is C14H21ClF2N2O2. The number of amides is 1. The molecule has 0 saturated heterocycles. The number of carbonyl (C=O) groups excluding carboxylic acids is 1. The summed E-state index contributed by atoms with van der Waals surface area (Å²) >= 11 is 0. The molecule has 1 aromatic rings. The molecule has 1 unspecified atom stereocenters. The van der Waals surface area contributed by atoms with Crippen molar-refractivity contribution in [1.82, 2.24) is 10.6 Å². The number of methoxy groups -OCH3 is 1. The zero-order valence-electron chi connectivity index (χ0n) is 12.1. The van der Waals surface area contributed by atoms with Crippen molar-refractivity contribution in [3.63, 3.8) is 0 Å². The summed E-state index contributed by atoms with van der Waals surface area (Å²) in [7, 11) is 1.62. The minimum Gasteiger partial charge on any atom is -0.383 e. The lowest BCUT2D eigenvalue weighted by molar-refractivity contribution is -0.122. The van der Waals surface area contributed by atoms with Gasteiger partial charge >= 0.3 is 0 Å². The molecule has 7 heteroatoms. The Morgan fingerprint density at radius 3 is 2.57 bits per heavy atom. The minimum absolute atomic E-state index is 0. The molecular weight excluding hydrogens is 302 g/mol. The second-order valence-electron chi connectivity index (χ2n) is 4.43. The standard InChI is InChI=1S/C14H20F2N2O2.ClH/c1-10(11-3-4-12(15)13(16)9-11)14(19)18-6-5-17-7-8-20-2;/h3-4,9-10,17H,5-8H2,1-2H3,(H,18,19);1H. The molecule has 0 aliphatic carbocycles. The Bertz CT molecular complexity index is 447. The van der Waals surface area contributed by atoms with Gasteiger partial charge in [0.15, 0.2) is 11.6 Å². The van der Waals surface area contributed by atoms with Gasteiger partial charge in [-0.1, -0.05) is 6.07 Å². The summed E-state index contributed by atoms with van der Waals surface area (Å²) in [5.41, 5.74) is 0.453. The summed E-state index contributed by atoms with van der Waals surface area (Å²) in [6.45, 7) is 4.07. The van der Waals surface area contributed by atoms with Crippen LogP contribution in [0.5, 0.6) is 0 Å². The maximum Gasteiger partial charge on any atom is 0.227 e. The average molecular weight is 323 g/mol. The van der Waals surface area contributed by atoms with Crippen molar-refractivity contribution in [2.75, 3.05) is 33.4 Å². The molecule has 1 rings (SSSR count). The van der Waals surface area contributed by atoms with E-state index < -0.39 is 17.6 Å². The van der Waals surface area contributed by atoms with Crippen LogP contribution in [-0.2, 0) is 9.53 Å². The fourth-order valence-corrected chi connectivity index (χ4v) is 1.66. The number of nitrogens with one attached hydrogen (secondary N) is 2. The number of hydrogen-bond acceptors (Lipinski definition) is 3. The largest absolute Gasteiger partial charge is 0.383 e. The highest BCUT2D eigenvalue weighted by Gasteiger charge is 2.16. The Kier molecular flexibility index (Phi) is 9.86. The third-order valence-electron chi connectivity index (χ3n) is 2.92. The van der Waals surface area contributed by atoms with Crippen LogP contribution in [0.2, 0.25) is 0 Å². The Labute approximate surface area is 129 Å². The number of halogens is 3. The predicted octanol–water partition coefficient (Wildman–Crippen LogP) is 1.84. The van der Waals surface area contributed by atoms with Gasteiger partial charge in [-0.05, 0) is 24.6 Å². The first-order valence-corrected chi connectivity index (χ1v) is 6.48. The zero-order valence-corrected chi connectivity index (χ0v) is 12.9. The second-order valence-corrected chi connectivity index (χ2v) is 4.43. The Morgan fingerprint density at radius 2 is 1.95 bits per heavy atom. The lowest BCUT2D eigenvalue weighted by atomic mass is 10.0. The van der Waals surface area contributed by atoms with Crippen LogP contribution in [0.3, 0.4) is 0 Å². The Balaban J connectivity index is 0.00000400. The summed E-state index contributed by atoms with van der Waals surface area (Å²) in [6.07, 6.45) is 0. The van der Waals surface area contributed by atoms with Gasteiger partial charge in [0.1, 0.15) is 0 Å². The number of benzene rings is 1. The van der Waals surface area contributed by atoms with Crippen LogP contribution in [0.15, 0.2) is 18.2 Å². The van der Waals surface area contributed by atoms with Crippen molar-refractivity contribution in [1.29, 1.82) is 0 Å². The maximum absolute atomic E-state index is 13.1. The second kappa shape index (κ2) is 10.5. The molecule has 0 aliphatic rings. The molecule has 0 aromatic heterocycles. The van der Waals surface area contributed by atoms with Gasteiger partial charge in [0.25, 0.3) is 0 Å². The molecule has 0 bridgehead atoms. The highest BCUT2D eigenvalue weighted by Crippen LogP contribution is 2.18. The zero-order chi connectivity index (χ0) is 15.0. The number of hydrogen-bond donors (Lipinski definition) is 2. The van der Waals surface area contributed by atoms with Crippen molar-refractivity contribution in [2.45, 2.75) is 12.8 Å². The van der Waals surface area contributed by atoms with Gasteiger partial charge in [-0.25, -0.2) is 8.78 Å². The van der Waals surface area contributed by atoms with E-state index in [2.05, 4.69) is 10.6 Å². The molecule has 0 spiro atoms. The minimum atomic E-state index is -0.941. The van der Waals surface area contributed by atoms with E-state index in [1.54, 1.807) is 14.0 Å². The third kappa shape index (κ3) is 6.84. The normalized spacial score (nSPS) is 11.6. The van der Waals surface area contributed by atoms with Crippen molar-refractivity contribution < 1.29 is 18.3 Å². The van der Waals surface area contributed by atoms with Gasteiger partial charge in [-0.2, -0.15) is 0 Å². The predicted molar refractivity (Wildman–Crippen MR) is 79.8 cm³/mol. The summed E-state index contributed by atoms with van der Waals surface area (Å²) in [6, 6.07) is 3.50. The first kappa shape index (κ1) is 19.8. The highest BCUT2D eigenvalue weighted by atomic mass is 35.5. The monoisotopic (exact) mass is 322 g/mol. The van der Waals surface area contributed by atoms with E-state index in [0.29, 0.717) is 31.8 Å². The summed E-state index contributed by atoms with van der Waals surface area (Å²) < 4.78 is 30.8. The quantitative estimate of drug-likeness (QED) is 0.718. The fraction of sp³-hybridized carbons (Fsp3) is 0.500. The van der Waals surface area contributed by atoms with Crippen molar-refractivity contribution >= 4 is 18.3 Å². The summed E-state index contributed by atoms with van der Waals surface area (Å²) in [5.74, 6) is -2.60. The summed E-state index contributed by atoms with van der Waals surface area (Å²) in [4.78, 5) is 11.8. The topological polar surface area (TPSA) is 50.4 Å².